The lowest BCUT2D eigenvalue weighted by atomic mass is 10.1. The molecule has 0 radical (unpaired) electrons. The van der Waals surface area contributed by atoms with Gasteiger partial charge in [0.25, 0.3) is 5.91 Å². The van der Waals surface area contributed by atoms with Gasteiger partial charge in [-0.1, -0.05) is 43.3 Å². The summed E-state index contributed by atoms with van der Waals surface area (Å²) < 4.78 is 0. The monoisotopic (exact) mass is 423 g/mol. The van der Waals surface area contributed by atoms with Gasteiger partial charge in [-0.15, -0.1) is 0 Å². The van der Waals surface area contributed by atoms with Crippen LogP contribution in [-0.2, 0) is 19.6 Å². The SMILES string of the molecule is CCN(Cc1ccc(C(=O)NCc2ccc(CN3CCC(O)CC3)cc2)cc1)C(C)C. The highest BCUT2D eigenvalue weighted by Crippen LogP contribution is 2.15. The number of aliphatic hydroxyl groups excluding tert-OH is 1. The van der Waals surface area contributed by atoms with Gasteiger partial charge in [0.1, 0.15) is 0 Å². The van der Waals surface area contributed by atoms with Crippen molar-refractivity contribution in [3.8, 4) is 0 Å². The maximum Gasteiger partial charge on any atom is 0.251 e. The summed E-state index contributed by atoms with van der Waals surface area (Å²) in [5, 5.41) is 12.7. The van der Waals surface area contributed by atoms with E-state index >= 15 is 0 Å². The van der Waals surface area contributed by atoms with Gasteiger partial charge in [-0.3, -0.25) is 14.6 Å². The molecule has 5 nitrogen and oxygen atoms in total. The Hall–Kier alpha value is -2.21. The molecule has 5 heteroatoms. The van der Waals surface area contributed by atoms with E-state index in [1.54, 1.807) is 0 Å². The van der Waals surface area contributed by atoms with E-state index in [-0.39, 0.29) is 12.0 Å². The van der Waals surface area contributed by atoms with Crippen molar-refractivity contribution in [3.05, 3.63) is 70.8 Å². The van der Waals surface area contributed by atoms with Crippen LogP contribution >= 0.6 is 0 Å². The molecule has 2 aromatic carbocycles. The van der Waals surface area contributed by atoms with Crippen LogP contribution in [0.25, 0.3) is 0 Å². The molecule has 0 saturated carbocycles. The van der Waals surface area contributed by atoms with Crippen LogP contribution in [0.2, 0.25) is 0 Å². The van der Waals surface area contributed by atoms with Gasteiger partial charge in [-0.2, -0.15) is 0 Å². The van der Waals surface area contributed by atoms with Gasteiger partial charge in [-0.25, -0.2) is 0 Å². The molecule has 0 aromatic heterocycles. The number of amides is 1. The molecule has 2 N–H and O–H groups in total. The van der Waals surface area contributed by atoms with Crippen LogP contribution in [0.4, 0.5) is 0 Å². The Kier molecular flexibility index (Phi) is 8.64. The average molecular weight is 424 g/mol. The third-order valence-electron chi connectivity index (χ3n) is 6.18. The van der Waals surface area contributed by atoms with Crippen LogP contribution in [0.1, 0.15) is 60.7 Å². The summed E-state index contributed by atoms with van der Waals surface area (Å²) in [4.78, 5) is 17.3. The molecule has 0 bridgehead atoms. The minimum absolute atomic E-state index is 0.0429. The van der Waals surface area contributed by atoms with Crippen LogP contribution in [0.3, 0.4) is 0 Å². The number of hydrogen-bond acceptors (Lipinski definition) is 4. The molecule has 0 spiro atoms. The zero-order valence-electron chi connectivity index (χ0n) is 19.2. The molecule has 168 valence electrons. The zero-order valence-corrected chi connectivity index (χ0v) is 19.2. The molecule has 3 rings (SSSR count). The summed E-state index contributed by atoms with van der Waals surface area (Å²) >= 11 is 0. The Bertz CT molecular complexity index is 810. The predicted octanol–water partition coefficient (Wildman–Crippen LogP) is 3.80. The molecule has 1 amide bonds. The van der Waals surface area contributed by atoms with Crippen molar-refractivity contribution >= 4 is 5.91 Å². The smallest absolute Gasteiger partial charge is 0.251 e. The summed E-state index contributed by atoms with van der Waals surface area (Å²) in [7, 11) is 0. The number of carbonyl (C=O) groups is 1. The van der Waals surface area contributed by atoms with Crippen molar-refractivity contribution in [2.24, 2.45) is 0 Å². The van der Waals surface area contributed by atoms with Gasteiger partial charge in [-0.05, 0) is 62.1 Å². The van der Waals surface area contributed by atoms with E-state index in [4.69, 9.17) is 0 Å². The minimum atomic E-state index is -0.135. The van der Waals surface area contributed by atoms with Crippen LogP contribution in [0, 0.1) is 0 Å². The van der Waals surface area contributed by atoms with Crippen LogP contribution < -0.4 is 5.32 Å². The fourth-order valence-electron chi connectivity index (χ4n) is 4.04. The van der Waals surface area contributed by atoms with Crippen LogP contribution in [0.15, 0.2) is 48.5 Å². The first kappa shape index (κ1) is 23.5. The lowest BCUT2D eigenvalue weighted by Crippen LogP contribution is -2.35. The van der Waals surface area contributed by atoms with Crippen molar-refractivity contribution in [3.63, 3.8) is 0 Å². The lowest BCUT2D eigenvalue weighted by molar-refractivity contribution is 0.0792. The molecule has 0 atom stereocenters. The highest BCUT2D eigenvalue weighted by atomic mass is 16.3. The summed E-state index contributed by atoms with van der Waals surface area (Å²) in [6, 6.07) is 16.9. The van der Waals surface area contributed by atoms with Gasteiger partial charge in [0, 0.05) is 44.3 Å². The number of aliphatic hydroxyl groups is 1. The summed E-state index contributed by atoms with van der Waals surface area (Å²) in [6.45, 7) is 11.8. The summed E-state index contributed by atoms with van der Waals surface area (Å²) in [5.41, 5.74) is 4.29. The van der Waals surface area contributed by atoms with Crippen LogP contribution in [0.5, 0.6) is 0 Å². The first-order chi connectivity index (χ1) is 14.9. The summed E-state index contributed by atoms with van der Waals surface area (Å²) in [6.07, 6.45) is 1.59. The second kappa shape index (κ2) is 11.4. The number of piperidine rings is 1. The Balaban J connectivity index is 1.46. The quantitative estimate of drug-likeness (QED) is 0.644. The van der Waals surface area contributed by atoms with Crippen molar-refractivity contribution in [1.82, 2.24) is 15.1 Å². The Morgan fingerprint density at radius 2 is 1.61 bits per heavy atom. The number of nitrogens with zero attached hydrogens (tertiary/aromatic N) is 2. The van der Waals surface area contributed by atoms with Gasteiger partial charge < -0.3 is 10.4 Å². The van der Waals surface area contributed by atoms with Crippen molar-refractivity contribution in [2.75, 3.05) is 19.6 Å². The third kappa shape index (κ3) is 7.17. The summed E-state index contributed by atoms with van der Waals surface area (Å²) in [5.74, 6) is -0.0429. The van der Waals surface area contributed by atoms with E-state index in [9.17, 15) is 9.90 Å². The highest BCUT2D eigenvalue weighted by Gasteiger charge is 2.16. The Morgan fingerprint density at radius 1 is 1.03 bits per heavy atom. The molecular weight excluding hydrogens is 386 g/mol. The molecule has 1 aliphatic rings. The third-order valence-corrected chi connectivity index (χ3v) is 6.18. The molecule has 1 fully saturated rings. The molecular formula is C26H37N3O2. The van der Waals surface area contributed by atoms with Crippen LogP contribution in [-0.4, -0.2) is 52.6 Å². The number of hydrogen-bond donors (Lipinski definition) is 2. The van der Waals surface area contributed by atoms with E-state index in [1.807, 2.05) is 24.3 Å². The normalized spacial score (nSPS) is 15.5. The number of carbonyl (C=O) groups excluding carboxylic acids is 1. The fraction of sp³-hybridized carbons (Fsp3) is 0.500. The fourth-order valence-corrected chi connectivity index (χ4v) is 4.04. The first-order valence-electron chi connectivity index (χ1n) is 11.5. The molecule has 0 unspecified atom stereocenters. The number of nitrogens with one attached hydrogen (secondary N) is 1. The predicted molar refractivity (Wildman–Crippen MR) is 126 cm³/mol. The topological polar surface area (TPSA) is 55.8 Å². The molecule has 1 aliphatic heterocycles. The van der Waals surface area contributed by atoms with Gasteiger partial charge in [0.05, 0.1) is 6.10 Å². The molecule has 0 aliphatic carbocycles. The largest absolute Gasteiger partial charge is 0.393 e. The second-order valence-corrected chi connectivity index (χ2v) is 8.86. The van der Waals surface area contributed by atoms with Gasteiger partial charge in [0.2, 0.25) is 0 Å². The maximum absolute atomic E-state index is 12.5. The standard InChI is InChI=1S/C26H37N3O2/c1-4-29(20(2)3)19-23-9-11-24(12-10-23)26(31)27-17-21-5-7-22(8-6-21)18-28-15-13-25(30)14-16-28/h5-12,20,25,30H,4,13-19H2,1-3H3,(H,27,31). The van der Waals surface area contributed by atoms with E-state index in [1.165, 1.54) is 11.1 Å². The van der Waals surface area contributed by atoms with E-state index in [2.05, 4.69) is 60.2 Å². The van der Waals surface area contributed by atoms with Gasteiger partial charge in [0.15, 0.2) is 0 Å². The van der Waals surface area contributed by atoms with Crippen molar-refractivity contribution in [2.45, 2.75) is 65.4 Å². The van der Waals surface area contributed by atoms with Gasteiger partial charge >= 0.3 is 0 Å². The molecule has 1 heterocycles. The molecule has 31 heavy (non-hydrogen) atoms. The lowest BCUT2D eigenvalue weighted by Gasteiger charge is -2.29. The molecule has 1 saturated heterocycles. The number of likely N-dealkylation sites (tertiary alicyclic amines) is 1. The van der Waals surface area contributed by atoms with E-state index in [0.717, 1.165) is 51.1 Å². The highest BCUT2D eigenvalue weighted by molar-refractivity contribution is 5.94. The number of benzene rings is 2. The Labute approximate surface area is 187 Å². The second-order valence-electron chi connectivity index (χ2n) is 8.86. The van der Waals surface area contributed by atoms with E-state index < -0.39 is 0 Å². The zero-order chi connectivity index (χ0) is 22.2. The number of rotatable bonds is 9. The minimum Gasteiger partial charge on any atom is -0.393 e. The maximum atomic E-state index is 12.5. The van der Waals surface area contributed by atoms with Crippen molar-refractivity contribution < 1.29 is 9.90 Å². The molecule has 2 aromatic rings. The van der Waals surface area contributed by atoms with Crippen molar-refractivity contribution in [1.29, 1.82) is 0 Å². The van der Waals surface area contributed by atoms with E-state index in [0.29, 0.717) is 18.2 Å². The average Bonchev–Trinajstić information content (AvgIpc) is 2.78. The Morgan fingerprint density at radius 3 is 2.19 bits per heavy atom. The first-order valence-corrected chi connectivity index (χ1v) is 11.5.